The van der Waals surface area contributed by atoms with Crippen molar-refractivity contribution in [3.8, 4) is 0 Å². The summed E-state index contributed by atoms with van der Waals surface area (Å²) >= 11 is 0. The van der Waals surface area contributed by atoms with Crippen LogP contribution in [0.2, 0.25) is 0 Å². The van der Waals surface area contributed by atoms with E-state index in [1.807, 2.05) is 0 Å². The smallest absolute Gasteiger partial charge is 0.147 e. The Labute approximate surface area is 64.8 Å². The van der Waals surface area contributed by atoms with Crippen LogP contribution in [0.4, 0.5) is 8.78 Å². The second-order valence-corrected chi connectivity index (χ2v) is 3.02. The maximum Gasteiger partial charge on any atom is 0.147 e. The lowest BCUT2D eigenvalue weighted by molar-refractivity contribution is 0.0770. The van der Waals surface area contributed by atoms with Gasteiger partial charge in [0, 0.05) is 19.6 Å². The molecule has 0 aliphatic carbocycles. The first-order chi connectivity index (χ1) is 5.20. The Morgan fingerprint density at radius 2 is 2.27 bits per heavy atom. The molecule has 0 radical (unpaired) electrons. The van der Waals surface area contributed by atoms with E-state index in [1.54, 1.807) is 4.90 Å². The standard InChI is InChI=1S/C7H13F2NO/c8-2-4-10-3-1-7(9,5-10)6-11/h11H,1-6H2. The molecule has 0 bridgehead atoms. The Kier molecular flexibility index (Phi) is 2.78. The molecule has 2 nitrogen and oxygen atoms in total. The van der Waals surface area contributed by atoms with Crippen LogP contribution in [0.1, 0.15) is 6.42 Å². The van der Waals surface area contributed by atoms with Gasteiger partial charge in [0.15, 0.2) is 0 Å². The van der Waals surface area contributed by atoms with E-state index in [4.69, 9.17) is 5.11 Å². The normalized spacial score (nSPS) is 33.0. The van der Waals surface area contributed by atoms with Crippen molar-refractivity contribution < 1.29 is 13.9 Å². The van der Waals surface area contributed by atoms with Crippen molar-refractivity contribution in [3.05, 3.63) is 0 Å². The minimum atomic E-state index is -1.48. The molecule has 1 heterocycles. The number of alkyl halides is 2. The highest BCUT2D eigenvalue weighted by Gasteiger charge is 2.37. The van der Waals surface area contributed by atoms with Crippen molar-refractivity contribution in [2.75, 3.05) is 32.9 Å². The summed E-state index contributed by atoms with van der Waals surface area (Å²) in [6.45, 7) is 0.122. The molecule has 0 aromatic rings. The molecule has 0 amide bonds. The molecule has 11 heavy (non-hydrogen) atoms. The van der Waals surface area contributed by atoms with Crippen molar-refractivity contribution in [1.29, 1.82) is 0 Å². The second kappa shape index (κ2) is 3.45. The predicted octanol–water partition coefficient (Wildman–Crippen LogP) is 0.362. The Balaban J connectivity index is 2.33. The van der Waals surface area contributed by atoms with E-state index in [1.165, 1.54) is 0 Å². The molecule has 1 aliphatic rings. The molecule has 66 valence electrons. The molecule has 0 spiro atoms. The zero-order valence-electron chi connectivity index (χ0n) is 6.39. The fourth-order valence-corrected chi connectivity index (χ4v) is 1.36. The van der Waals surface area contributed by atoms with Crippen molar-refractivity contribution in [2.24, 2.45) is 0 Å². The van der Waals surface area contributed by atoms with Gasteiger partial charge in [0.1, 0.15) is 12.3 Å². The van der Waals surface area contributed by atoms with Gasteiger partial charge in [0.05, 0.1) is 6.61 Å². The van der Waals surface area contributed by atoms with Crippen LogP contribution in [0.3, 0.4) is 0 Å². The maximum absolute atomic E-state index is 13.2. The summed E-state index contributed by atoms with van der Waals surface area (Å²) in [5.74, 6) is 0. The SMILES string of the molecule is OCC1(F)CCN(CCF)C1. The zero-order valence-corrected chi connectivity index (χ0v) is 6.39. The summed E-state index contributed by atoms with van der Waals surface area (Å²) in [6, 6.07) is 0. The quantitative estimate of drug-likeness (QED) is 0.652. The van der Waals surface area contributed by atoms with Gasteiger partial charge in [-0.15, -0.1) is 0 Å². The van der Waals surface area contributed by atoms with Crippen LogP contribution in [-0.2, 0) is 0 Å². The van der Waals surface area contributed by atoms with Crippen molar-refractivity contribution in [1.82, 2.24) is 4.90 Å². The predicted molar refractivity (Wildman–Crippen MR) is 38.0 cm³/mol. The maximum atomic E-state index is 13.2. The molecule has 0 saturated carbocycles. The molecule has 1 N–H and O–H groups in total. The number of aliphatic hydroxyl groups excluding tert-OH is 1. The molecule has 1 aliphatic heterocycles. The second-order valence-electron chi connectivity index (χ2n) is 3.02. The number of hydrogen-bond acceptors (Lipinski definition) is 2. The number of likely N-dealkylation sites (tertiary alicyclic amines) is 1. The van der Waals surface area contributed by atoms with Gasteiger partial charge in [0.25, 0.3) is 0 Å². The van der Waals surface area contributed by atoms with Gasteiger partial charge >= 0.3 is 0 Å². The summed E-state index contributed by atoms with van der Waals surface area (Å²) in [7, 11) is 0. The van der Waals surface area contributed by atoms with Crippen LogP contribution in [0.5, 0.6) is 0 Å². The number of halogens is 2. The first-order valence-corrected chi connectivity index (χ1v) is 3.78. The van der Waals surface area contributed by atoms with E-state index in [9.17, 15) is 8.78 Å². The lowest BCUT2D eigenvalue weighted by Gasteiger charge is -2.17. The zero-order chi connectivity index (χ0) is 8.32. The van der Waals surface area contributed by atoms with Crippen LogP contribution >= 0.6 is 0 Å². The lowest BCUT2D eigenvalue weighted by atomic mass is 10.1. The molecular formula is C7H13F2NO. The average Bonchev–Trinajstić information content (AvgIpc) is 2.35. The van der Waals surface area contributed by atoms with Gasteiger partial charge in [-0.3, -0.25) is 4.90 Å². The number of nitrogens with zero attached hydrogens (tertiary/aromatic N) is 1. The number of hydrogen-bond donors (Lipinski definition) is 1. The van der Waals surface area contributed by atoms with Crippen molar-refractivity contribution >= 4 is 0 Å². The molecule has 0 aromatic heterocycles. The third kappa shape index (κ3) is 2.10. The number of aliphatic hydroxyl groups is 1. The fourth-order valence-electron chi connectivity index (χ4n) is 1.36. The molecule has 1 fully saturated rings. The Bertz CT molecular complexity index is 134. The first-order valence-electron chi connectivity index (χ1n) is 3.78. The third-order valence-electron chi connectivity index (χ3n) is 2.07. The minimum Gasteiger partial charge on any atom is -0.393 e. The summed E-state index contributed by atoms with van der Waals surface area (Å²) in [5.41, 5.74) is -1.48. The van der Waals surface area contributed by atoms with Gasteiger partial charge in [-0.1, -0.05) is 0 Å². The Morgan fingerprint density at radius 3 is 2.73 bits per heavy atom. The fraction of sp³-hybridized carbons (Fsp3) is 1.00. The molecule has 1 unspecified atom stereocenters. The Hall–Kier alpha value is -0.220. The highest BCUT2D eigenvalue weighted by atomic mass is 19.1. The van der Waals surface area contributed by atoms with E-state index in [0.717, 1.165) is 0 Å². The topological polar surface area (TPSA) is 23.5 Å². The van der Waals surface area contributed by atoms with Crippen LogP contribution in [0.15, 0.2) is 0 Å². The van der Waals surface area contributed by atoms with Crippen molar-refractivity contribution in [2.45, 2.75) is 12.1 Å². The van der Waals surface area contributed by atoms with E-state index in [0.29, 0.717) is 13.0 Å². The molecule has 1 rings (SSSR count). The summed E-state index contributed by atoms with van der Waals surface area (Å²) in [6.07, 6.45) is 0.323. The van der Waals surface area contributed by atoms with E-state index in [-0.39, 0.29) is 13.1 Å². The highest BCUT2D eigenvalue weighted by molar-refractivity contribution is 4.89. The van der Waals surface area contributed by atoms with E-state index in [2.05, 4.69) is 0 Å². The van der Waals surface area contributed by atoms with E-state index >= 15 is 0 Å². The average molecular weight is 165 g/mol. The van der Waals surface area contributed by atoms with Gasteiger partial charge in [-0.25, -0.2) is 8.78 Å². The molecule has 1 saturated heterocycles. The molecule has 0 aromatic carbocycles. The first kappa shape index (κ1) is 8.87. The summed E-state index contributed by atoms with van der Waals surface area (Å²) in [4.78, 5) is 1.69. The van der Waals surface area contributed by atoms with Crippen LogP contribution in [0.25, 0.3) is 0 Å². The van der Waals surface area contributed by atoms with Gasteiger partial charge in [0.2, 0.25) is 0 Å². The van der Waals surface area contributed by atoms with Gasteiger partial charge in [-0.2, -0.15) is 0 Å². The van der Waals surface area contributed by atoms with Gasteiger partial charge < -0.3 is 5.11 Å². The highest BCUT2D eigenvalue weighted by Crippen LogP contribution is 2.24. The molecular weight excluding hydrogens is 152 g/mol. The van der Waals surface area contributed by atoms with Crippen LogP contribution < -0.4 is 0 Å². The molecule has 4 heteroatoms. The number of rotatable bonds is 3. The third-order valence-corrected chi connectivity index (χ3v) is 2.07. The van der Waals surface area contributed by atoms with E-state index < -0.39 is 19.0 Å². The summed E-state index contributed by atoms with van der Waals surface area (Å²) in [5, 5.41) is 8.62. The van der Waals surface area contributed by atoms with Crippen LogP contribution in [-0.4, -0.2) is 48.6 Å². The van der Waals surface area contributed by atoms with Gasteiger partial charge in [-0.05, 0) is 6.42 Å². The largest absolute Gasteiger partial charge is 0.393 e. The Morgan fingerprint density at radius 1 is 1.55 bits per heavy atom. The van der Waals surface area contributed by atoms with Crippen molar-refractivity contribution in [3.63, 3.8) is 0 Å². The monoisotopic (exact) mass is 165 g/mol. The lowest BCUT2D eigenvalue weighted by Crippen LogP contribution is -2.33. The van der Waals surface area contributed by atoms with Crippen LogP contribution in [0, 0.1) is 0 Å². The summed E-state index contributed by atoms with van der Waals surface area (Å²) < 4.78 is 25.0. The molecule has 1 atom stereocenters. The minimum absolute atomic E-state index is 0.174.